The van der Waals surface area contributed by atoms with E-state index in [4.69, 9.17) is 15.2 Å². The van der Waals surface area contributed by atoms with Gasteiger partial charge < -0.3 is 20.5 Å². The minimum atomic E-state index is -0.546. The molecule has 0 aliphatic rings. The van der Waals surface area contributed by atoms with Crippen LogP contribution in [0.25, 0.3) is 0 Å². The Morgan fingerprint density at radius 2 is 1.43 bits per heavy atom. The number of carbonyl (C=O) groups is 2. The van der Waals surface area contributed by atoms with Crippen LogP contribution in [-0.2, 0) is 11.4 Å². The normalized spacial score (nSPS) is 10.1. The summed E-state index contributed by atoms with van der Waals surface area (Å²) < 4.78 is 10.9. The molecule has 0 aromatic heterocycles. The second-order valence-electron chi connectivity index (χ2n) is 6.03. The van der Waals surface area contributed by atoms with Gasteiger partial charge in [-0.05, 0) is 54.1 Å². The molecule has 3 aromatic carbocycles. The Balaban J connectivity index is 1.53. The van der Waals surface area contributed by atoms with Gasteiger partial charge in [0.15, 0.2) is 6.61 Å². The highest BCUT2D eigenvalue weighted by atomic mass is 16.5. The molecule has 0 saturated carbocycles. The van der Waals surface area contributed by atoms with E-state index in [1.165, 1.54) is 0 Å². The average Bonchev–Trinajstić information content (AvgIpc) is 2.73. The van der Waals surface area contributed by atoms with Gasteiger partial charge in [0.05, 0.1) is 0 Å². The van der Waals surface area contributed by atoms with Crippen LogP contribution in [0.3, 0.4) is 0 Å². The summed E-state index contributed by atoms with van der Waals surface area (Å²) in [6.45, 7) is 0.241. The molecule has 0 heterocycles. The van der Waals surface area contributed by atoms with Gasteiger partial charge in [-0.15, -0.1) is 0 Å². The van der Waals surface area contributed by atoms with Gasteiger partial charge in [0, 0.05) is 11.3 Å². The van der Waals surface area contributed by atoms with Gasteiger partial charge >= 0.3 is 0 Å². The van der Waals surface area contributed by atoms with Crippen molar-refractivity contribution in [1.29, 1.82) is 0 Å². The molecule has 28 heavy (non-hydrogen) atoms. The molecule has 3 rings (SSSR count). The minimum absolute atomic E-state index is 0.188. The van der Waals surface area contributed by atoms with E-state index < -0.39 is 5.91 Å². The van der Waals surface area contributed by atoms with Gasteiger partial charge in [0.1, 0.15) is 18.1 Å². The number of para-hydroxylation sites is 1. The SMILES string of the molecule is NC(=O)COc1ccc(NC(=O)c2ccc(COc3ccccc3)cc2)cc1. The first-order valence-corrected chi connectivity index (χ1v) is 8.69. The van der Waals surface area contributed by atoms with Crippen LogP contribution in [0, 0.1) is 0 Å². The third-order valence-electron chi connectivity index (χ3n) is 3.86. The van der Waals surface area contributed by atoms with E-state index in [0.29, 0.717) is 23.6 Å². The van der Waals surface area contributed by atoms with Crippen LogP contribution in [0.5, 0.6) is 11.5 Å². The summed E-state index contributed by atoms with van der Waals surface area (Å²) in [6.07, 6.45) is 0. The van der Waals surface area contributed by atoms with E-state index in [2.05, 4.69) is 5.32 Å². The molecular weight excluding hydrogens is 356 g/mol. The zero-order chi connectivity index (χ0) is 19.8. The van der Waals surface area contributed by atoms with E-state index >= 15 is 0 Å². The maximum absolute atomic E-state index is 12.4. The Morgan fingerprint density at radius 3 is 2.07 bits per heavy atom. The summed E-state index contributed by atoms with van der Waals surface area (Å²) in [7, 11) is 0. The van der Waals surface area contributed by atoms with Crippen molar-refractivity contribution in [2.24, 2.45) is 5.73 Å². The molecular formula is C22H20N2O4. The lowest BCUT2D eigenvalue weighted by molar-refractivity contribution is -0.119. The summed E-state index contributed by atoms with van der Waals surface area (Å²) in [5, 5.41) is 2.81. The van der Waals surface area contributed by atoms with Crippen molar-refractivity contribution < 1.29 is 19.1 Å². The molecule has 142 valence electrons. The summed E-state index contributed by atoms with van der Waals surface area (Å²) in [5.74, 6) is 0.531. The minimum Gasteiger partial charge on any atom is -0.489 e. The van der Waals surface area contributed by atoms with Gasteiger partial charge in [-0.2, -0.15) is 0 Å². The van der Waals surface area contributed by atoms with Gasteiger partial charge in [0.25, 0.3) is 11.8 Å². The molecule has 0 bridgehead atoms. The summed E-state index contributed by atoms with van der Waals surface area (Å²) in [6, 6.07) is 23.5. The Labute approximate surface area is 162 Å². The number of nitrogens with two attached hydrogens (primary N) is 1. The van der Waals surface area contributed by atoms with E-state index in [0.717, 1.165) is 11.3 Å². The monoisotopic (exact) mass is 376 g/mol. The second-order valence-corrected chi connectivity index (χ2v) is 6.03. The molecule has 3 N–H and O–H groups in total. The zero-order valence-electron chi connectivity index (χ0n) is 15.1. The van der Waals surface area contributed by atoms with Gasteiger partial charge in [0.2, 0.25) is 0 Å². The average molecular weight is 376 g/mol. The summed E-state index contributed by atoms with van der Waals surface area (Å²) in [4.78, 5) is 23.1. The molecule has 0 atom stereocenters. The molecule has 0 fully saturated rings. The first-order chi connectivity index (χ1) is 13.6. The van der Waals surface area contributed by atoms with Crippen molar-refractivity contribution in [1.82, 2.24) is 0 Å². The first-order valence-electron chi connectivity index (χ1n) is 8.69. The van der Waals surface area contributed by atoms with Crippen LogP contribution in [0.4, 0.5) is 5.69 Å². The molecule has 0 saturated heterocycles. The lowest BCUT2D eigenvalue weighted by Crippen LogP contribution is -2.20. The van der Waals surface area contributed by atoms with E-state index in [1.54, 1.807) is 36.4 Å². The standard InChI is InChI=1S/C22H20N2O4/c23-21(25)15-28-20-12-10-18(11-13-20)24-22(26)17-8-6-16(7-9-17)14-27-19-4-2-1-3-5-19/h1-13H,14-15H2,(H2,23,25)(H,24,26). The predicted molar refractivity (Wildman–Crippen MR) is 106 cm³/mol. The first kappa shape index (κ1) is 19.0. The maximum atomic E-state index is 12.4. The van der Waals surface area contributed by atoms with Gasteiger partial charge in [-0.1, -0.05) is 30.3 Å². The summed E-state index contributed by atoms with van der Waals surface area (Å²) in [5.41, 5.74) is 7.16. The van der Waals surface area contributed by atoms with Crippen molar-refractivity contribution in [2.45, 2.75) is 6.61 Å². The molecule has 6 heteroatoms. The van der Waals surface area contributed by atoms with Gasteiger partial charge in [-0.3, -0.25) is 9.59 Å². The number of nitrogens with one attached hydrogen (secondary N) is 1. The molecule has 0 radical (unpaired) electrons. The molecule has 0 unspecified atom stereocenters. The highest BCUT2D eigenvalue weighted by Gasteiger charge is 2.07. The van der Waals surface area contributed by atoms with E-state index in [-0.39, 0.29) is 12.5 Å². The van der Waals surface area contributed by atoms with Crippen molar-refractivity contribution in [3.05, 3.63) is 90.0 Å². The number of primary amides is 1. The van der Waals surface area contributed by atoms with Crippen LogP contribution in [-0.4, -0.2) is 18.4 Å². The van der Waals surface area contributed by atoms with Crippen LogP contribution >= 0.6 is 0 Å². The Bertz CT molecular complexity index is 923. The fourth-order valence-corrected chi connectivity index (χ4v) is 2.43. The van der Waals surface area contributed by atoms with Crippen molar-refractivity contribution in [2.75, 3.05) is 11.9 Å². The lowest BCUT2D eigenvalue weighted by atomic mass is 10.1. The molecule has 0 aliphatic carbocycles. The molecule has 6 nitrogen and oxygen atoms in total. The highest BCUT2D eigenvalue weighted by molar-refractivity contribution is 6.04. The quantitative estimate of drug-likeness (QED) is 0.631. The van der Waals surface area contributed by atoms with Crippen LogP contribution < -0.4 is 20.5 Å². The van der Waals surface area contributed by atoms with Crippen molar-refractivity contribution in [3.63, 3.8) is 0 Å². The van der Waals surface area contributed by atoms with E-state index in [9.17, 15) is 9.59 Å². The fraction of sp³-hybridized carbons (Fsp3) is 0.0909. The third kappa shape index (κ3) is 5.60. The van der Waals surface area contributed by atoms with E-state index in [1.807, 2.05) is 42.5 Å². The number of ether oxygens (including phenoxy) is 2. The largest absolute Gasteiger partial charge is 0.489 e. The number of hydrogen-bond donors (Lipinski definition) is 2. The van der Waals surface area contributed by atoms with Crippen LogP contribution in [0.1, 0.15) is 15.9 Å². The third-order valence-corrected chi connectivity index (χ3v) is 3.86. The molecule has 0 spiro atoms. The Morgan fingerprint density at radius 1 is 0.786 bits per heavy atom. The molecule has 2 amide bonds. The smallest absolute Gasteiger partial charge is 0.255 e. The lowest BCUT2D eigenvalue weighted by Gasteiger charge is -2.09. The number of carbonyl (C=O) groups excluding carboxylic acids is 2. The van der Waals surface area contributed by atoms with Crippen LogP contribution in [0.2, 0.25) is 0 Å². The number of rotatable bonds is 8. The maximum Gasteiger partial charge on any atom is 0.255 e. The highest BCUT2D eigenvalue weighted by Crippen LogP contribution is 2.17. The van der Waals surface area contributed by atoms with Gasteiger partial charge in [-0.25, -0.2) is 0 Å². The predicted octanol–water partition coefficient (Wildman–Crippen LogP) is 3.38. The topological polar surface area (TPSA) is 90.7 Å². The fourth-order valence-electron chi connectivity index (χ4n) is 2.43. The summed E-state index contributed by atoms with van der Waals surface area (Å²) >= 11 is 0. The zero-order valence-corrected chi connectivity index (χ0v) is 15.1. The van der Waals surface area contributed by atoms with Crippen molar-refractivity contribution >= 4 is 17.5 Å². The Hall–Kier alpha value is -3.80. The number of amides is 2. The number of anilines is 1. The van der Waals surface area contributed by atoms with Crippen LogP contribution in [0.15, 0.2) is 78.9 Å². The molecule has 3 aromatic rings. The second kappa shape index (κ2) is 9.23. The van der Waals surface area contributed by atoms with Crippen molar-refractivity contribution in [3.8, 4) is 11.5 Å². The number of benzene rings is 3. The Kier molecular flexibility index (Phi) is 6.25. The number of hydrogen-bond acceptors (Lipinski definition) is 4. The molecule has 0 aliphatic heterocycles.